The van der Waals surface area contributed by atoms with Crippen LogP contribution in [0, 0.1) is 0 Å². The fourth-order valence-electron chi connectivity index (χ4n) is 2.46. The van der Waals surface area contributed by atoms with Crippen LogP contribution in [0.4, 0.5) is 4.79 Å². The fraction of sp³-hybridized carbons (Fsp3) is 0.960. The minimum atomic E-state index is -0.507. The summed E-state index contributed by atoms with van der Waals surface area (Å²) in [6.07, 6.45) is -0.450. The van der Waals surface area contributed by atoms with E-state index in [1.807, 2.05) is 20.8 Å². The van der Waals surface area contributed by atoms with Gasteiger partial charge in [0.15, 0.2) is 0 Å². The SMILES string of the molecule is CC(C)(C)OC(=O)NCCOCCOCCOCCOCCOCCOCCOCCOCCOCCCl. The van der Waals surface area contributed by atoms with E-state index in [0.717, 1.165) is 0 Å². The molecule has 0 aliphatic heterocycles. The molecule has 0 saturated heterocycles. The molecule has 0 fully saturated rings. The maximum atomic E-state index is 11.5. The van der Waals surface area contributed by atoms with Crippen LogP contribution in [0.1, 0.15) is 20.8 Å². The highest BCUT2D eigenvalue weighted by Crippen LogP contribution is 2.06. The molecule has 38 heavy (non-hydrogen) atoms. The molecule has 0 heterocycles. The summed E-state index contributed by atoms with van der Waals surface area (Å²) >= 11 is 5.50. The summed E-state index contributed by atoms with van der Waals surface area (Å²) in [7, 11) is 0. The summed E-state index contributed by atoms with van der Waals surface area (Å²) in [6.45, 7) is 14.8. The maximum Gasteiger partial charge on any atom is 0.407 e. The van der Waals surface area contributed by atoms with Gasteiger partial charge in [-0.05, 0) is 20.8 Å². The van der Waals surface area contributed by atoms with Gasteiger partial charge in [-0.1, -0.05) is 0 Å². The van der Waals surface area contributed by atoms with Gasteiger partial charge in [0.2, 0.25) is 0 Å². The van der Waals surface area contributed by atoms with Crippen LogP contribution in [-0.4, -0.2) is 143 Å². The average molecular weight is 576 g/mol. The molecule has 0 rings (SSSR count). The number of hydrogen-bond donors (Lipinski definition) is 1. The molecular formula is C25H50ClNO11. The summed E-state index contributed by atoms with van der Waals surface area (Å²) < 4.78 is 53.6. The Kier molecular flexibility index (Phi) is 28.6. The van der Waals surface area contributed by atoms with Crippen molar-refractivity contribution in [3.8, 4) is 0 Å². The number of ether oxygens (including phenoxy) is 10. The van der Waals surface area contributed by atoms with Crippen LogP contribution >= 0.6 is 11.6 Å². The number of alkyl carbamates (subject to hydrolysis) is 1. The molecule has 0 saturated carbocycles. The Morgan fingerprint density at radius 2 is 0.763 bits per heavy atom. The van der Waals surface area contributed by atoms with Crippen molar-refractivity contribution in [1.29, 1.82) is 0 Å². The van der Waals surface area contributed by atoms with Gasteiger partial charge in [0, 0.05) is 12.4 Å². The number of alkyl halides is 1. The van der Waals surface area contributed by atoms with Crippen molar-refractivity contribution in [2.24, 2.45) is 0 Å². The molecule has 0 aliphatic carbocycles. The predicted octanol–water partition coefficient (Wildman–Crippen LogP) is 1.90. The second-order valence-electron chi connectivity index (χ2n) is 8.63. The molecule has 0 unspecified atom stereocenters. The summed E-state index contributed by atoms with van der Waals surface area (Å²) in [5.74, 6) is 0.495. The van der Waals surface area contributed by atoms with E-state index in [4.69, 9.17) is 59.0 Å². The Balaban J connectivity index is 3.09. The molecular weight excluding hydrogens is 526 g/mol. The molecule has 0 aromatic heterocycles. The van der Waals surface area contributed by atoms with Crippen LogP contribution in [0.3, 0.4) is 0 Å². The molecule has 1 N–H and O–H groups in total. The Labute approximate surface area is 233 Å². The molecule has 0 atom stereocenters. The fourth-order valence-corrected chi connectivity index (χ4v) is 2.56. The van der Waals surface area contributed by atoms with Gasteiger partial charge in [-0.15, -0.1) is 11.6 Å². The van der Waals surface area contributed by atoms with Gasteiger partial charge < -0.3 is 52.7 Å². The van der Waals surface area contributed by atoms with E-state index in [2.05, 4.69) is 5.32 Å². The smallest absolute Gasteiger partial charge is 0.407 e. The summed E-state index contributed by atoms with van der Waals surface area (Å²) in [5.41, 5.74) is -0.507. The first-order valence-corrected chi connectivity index (χ1v) is 13.7. The van der Waals surface area contributed by atoms with Crippen molar-refractivity contribution in [2.75, 3.05) is 131 Å². The number of hydrogen-bond acceptors (Lipinski definition) is 11. The maximum absolute atomic E-state index is 11.5. The number of halogens is 1. The lowest BCUT2D eigenvalue weighted by molar-refractivity contribution is -0.0247. The van der Waals surface area contributed by atoms with E-state index in [-0.39, 0.29) is 0 Å². The first-order valence-electron chi connectivity index (χ1n) is 13.2. The molecule has 0 radical (unpaired) electrons. The zero-order valence-electron chi connectivity index (χ0n) is 23.5. The second-order valence-corrected chi connectivity index (χ2v) is 9.01. The first-order chi connectivity index (χ1) is 18.5. The molecule has 12 nitrogen and oxygen atoms in total. The highest BCUT2D eigenvalue weighted by Gasteiger charge is 2.15. The number of nitrogens with one attached hydrogen (secondary N) is 1. The third kappa shape index (κ3) is 33.2. The van der Waals surface area contributed by atoms with Gasteiger partial charge in [-0.2, -0.15) is 0 Å². The summed E-state index contributed by atoms with van der Waals surface area (Å²) in [5, 5.41) is 2.62. The molecule has 0 bridgehead atoms. The van der Waals surface area contributed by atoms with Gasteiger partial charge in [-0.25, -0.2) is 4.79 Å². The molecule has 13 heteroatoms. The molecule has 0 aromatic carbocycles. The Morgan fingerprint density at radius 1 is 0.500 bits per heavy atom. The van der Waals surface area contributed by atoms with Crippen molar-refractivity contribution >= 4 is 17.7 Å². The number of carbonyl (C=O) groups is 1. The van der Waals surface area contributed by atoms with E-state index >= 15 is 0 Å². The van der Waals surface area contributed by atoms with Gasteiger partial charge >= 0.3 is 6.09 Å². The topological polar surface area (TPSA) is 121 Å². The predicted molar refractivity (Wildman–Crippen MR) is 142 cm³/mol. The summed E-state index contributed by atoms with van der Waals surface area (Å²) in [4.78, 5) is 11.5. The molecule has 228 valence electrons. The summed E-state index contributed by atoms with van der Waals surface area (Å²) in [6, 6.07) is 0. The monoisotopic (exact) mass is 575 g/mol. The minimum Gasteiger partial charge on any atom is -0.444 e. The third-order valence-corrected chi connectivity index (χ3v) is 4.27. The van der Waals surface area contributed by atoms with Crippen LogP contribution in [0.5, 0.6) is 0 Å². The van der Waals surface area contributed by atoms with Crippen molar-refractivity contribution in [1.82, 2.24) is 5.32 Å². The number of amides is 1. The molecule has 0 aromatic rings. The highest BCUT2D eigenvalue weighted by atomic mass is 35.5. The largest absolute Gasteiger partial charge is 0.444 e. The highest BCUT2D eigenvalue weighted by molar-refractivity contribution is 6.17. The van der Waals surface area contributed by atoms with Crippen molar-refractivity contribution in [2.45, 2.75) is 26.4 Å². The lowest BCUT2D eigenvalue weighted by Crippen LogP contribution is -2.34. The first kappa shape index (κ1) is 37.2. The van der Waals surface area contributed by atoms with Gasteiger partial charge in [-0.3, -0.25) is 0 Å². The molecule has 0 aliphatic rings. The number of rotatable bonds is 29. The Morgan fingerprint density at radius 3 is 1.03 bits per heavy atom. The van der Waals surface area contributed by atoms with Gasteiger partial charge in [0.1, 0.15) is 5.60 Å². The zero-order chi connectivity index (χ0) is 28.0. The van der Waals surface area contributed by atoms with Crippen LogP contribution in [0.2, 0.25) is 0 Å². The average Bonchev–Trinajstić information content (AvgIpc) is 2.86. The van der Waals surface area contributed by atoms with E-state index in [0.29, 0.717) is 131 Å². The van der Waals surface area contributed by atoms with Crippen molar-refractivity contribution < 1.29 is 52.2 Å². The van der Waals surface area contributed by atoms with Gasteiger partial charge in [0.25, 0.3) is 0 Å². The second kappa shape index (κ2) is 29.2. The minimum absolute atomic E-state index is 0.386. The van der Waals surface area contributed by atoms with Crippen LogP contribution in [-0.2, 0) is 47.4 Å². The number of carbonyl (C=O) groups excluding carboxylic acids is 1. The van der Waals surface area contributed by atoms with E-state index in [1.165, 1.54) is 0 Å². The normalized spacial score (nSPS) is 11.7. The Bertz CT molecular complexity index is 498. The lowest BCUT2D eigenvalue weighted by Gasteiger charge is -2.19. The van der Waals surface area contributed by atoms with E-state index < -0.39 is 11.7 Å². The zero-order valence-corrected chi connectivity index (χ0v) is 24.3. The third-order valence-electron chi connectivity index (χ3n) is 4.11. The van der Waals surface area contributed by atoms with Crippen LogP contribution in [0.15, 0.2) is 0 Å². The van der Waals surface area contributed by atoms with Crippen LogP contribution in [0.25, 0.3) is 0 Å². The molecule has 0 spiro atoms. The van der Waals surface area contributed by atoms with Crippen molar-refractivity contribution in [3.63, 3.8) is 0 Å². The van der Waals surface area contributed by atoms with E-state index in [1.54, 1.807) is 0 Å². The molecule has 1 amide bonds. The van der Waals surface area contributed by atoms with Gasteiger partial charge in [0.05, 0.1) is 119 Å². The Hall–Kier alpha value is -0.800. The lowest BCUT2D eigenvalue weighted by atomic mass is 10.2. The quantitative estimate of drug-likeness (QED) is 0.104. The van der Waals surface area contributed by atoms with E-state index in [9.17, 15) is 4.79 Å². The van der Waals surface area contributed by atoms with Crippen LogP contribution < -0.4 is 5.32 Å². The standard InChI is InChI=1S/C25H50ClNO11/c1-25(2,3)38-24(28)27-5-7-30-9-11-32-13-15-34-17-19-36-21-23-37-22-20-35-18-16-33-14-12-31-10-8-29-6-4-26/h4-23H2,1-3H3,(H,27,28). The van der Waals surface area contributed by atoms with Crippen molar-refractivity contribution in [3.05, 3.63) is 0 Å².